The van der Waals surface area contributed by atoms with Crippen LogP contribution in [0.4, 0.5) is 0 Å². The first-order valence-electron chi connectivity index (χ1n) is 5.61. The van der Waals surface area contributed by atoms with Crippen LogP contribution in [0.2, 0.25) is 0 Å². The summed E-state index contributed by atoms with van der Waals surface area (Å²) >= 11 is 0. The summed E-state index contributed by atoms with van der Waals surface area (Å²) in [6, 6.07) is 2.09. The third kappa shape index (κ3) is 4.20. The second kappa shape index (κ2) is 5.84. The zero-order valence-corrected chi connectivity index (χ0v) is 10.8. The molecule has 2 N–H and O–H groups in total. The molecule has 5 nitrogen and oxygen atoms in total. The molecule has 0 radical (unpaired) electrons. The molecule has 1 rings (SSSR count). The minimum absolute atomic E-state index is 0.0297. The Morgan fingerprint density at radius 1 is 1.59 bits per heavy atom. The van der Waals surface area contributed by atoms with Crippen molar-refractivity contribution in [3.05, 3.63) is 23.2 Å². The molecule has 1 aromatic rings. The number of aromatic carboxylic acids is 1. The van der Waals surface area contributed by atoms with Crippen LogP contribution in [0.25, 0.3) is 0 Å². The van der Waals surface area contributed by atoms with Crippen molar-refractivity contribution < 1.29 is 14.3 Å². The molecule has 0 fully saturated rings. The molecule has 0 amide bonds. The van der Waals surface area contributed by atoms with Crippen LogP contribution in [-0.2, 0) is 6.54 Å². The van der Waals surface area contributed by atoms with Crippen LogP contribution in [0.1, 0.15) is 28.8 Å². The van der Waals surface area contributed by atoms with E-state index in [0.29, 0.717) is 23.9 Å². The Balaban J connectivity index is 2.52. The van der Waals surface area contributed by atoms with Gasteiger partial charge in [-0.3, -0.25) is 0 Å². The number of aryl methyl sites for hydroxylation is 1. The van der Waals surface area contributed by atoms with E-state index in [9.17, 15) is 4.79 Å². The zero-order valence-electron chi connectivity index (χ0n) is 10.8. The van der Waals surface area contributed by atoms with Crippen LogP contribution in [0.15, 0.2) is 10.5 Å². The minimum atomic E-state index is -1.02. The maximum absolute atomic E-state index is 10.8. The summed E-state index contributed by atoms with van der Waals surface area (Å²) in [5, 5.41) is 12.1. The maximum Gasteiger partial charge on any atom is 0.372 e. The van der Waals surface area contributed by atoms with Crippen LogP contribution >= 0.6 is 0 Å². The lowest BCUT2D eigenvalue weighted by Crippen LogP contribution is -2.35. The van der Waals surface area contributed by atoms with E-state index in [0.717, 1.165) is 6.54 Å². The van der Waals surface area contributed by atoms with E-state index in [2.05, 4.69) is 17.1 Å². The summed E-state index contributed by atoms with van der Waals surface area (Å²) in [7, 11) is 4.02. The van der Waals surface area contributed by atoms with Gasteiger partial charge in [0.2, 0.25) is 5.76 Å². The SMILES string of the molecule is Cc1cc(CNC(C)CN(C)C)oc1C(=O)O. The van der Waals surface area contributed by atoms with Crippen molar-refractivity contribution in [3.63, 3.8) is 0 Å². The molecule has 1 unspecified atom stereocenters. The molecule has 96 valence electrons. The second-order valence-electron chi connectivity index (χ2n) is 4.57. The monoisotopic (exact) mass is 240 g/mol. The zero-order chi connectivity index (χ0) is 13.0. The summed E-state index contributed by atoms with van der Waals surface area (Å²) < 4.78 is 5.26. The van der Waals surface area contributed by atoms with Crippen molar-refractivity contribution in [2.24, 2.45) is 0 Å². The third-order valence-corrected chi connectivity index (χ3v) is 2.43. The van der Waals surface area contributed by atoms with Gasteiger partial charge in [-0.15, -0.1) is 0 Å². The number of rotatable bonds is 6. The van der Waals surface area contributed by atoms with Crippen LogP contribution in [0.3, 0.4) is 0 Å². The van der Waals surface area contributed by atoms with Crippen molar-refractivity contribution >= 4 is 5.97 Å². The Morgan fingerprint density at radius 2 is 2.24 bits per heavy atom. The minimum Gasteiger partial charge on any atom is -0.475 e. The van der Waals surface area contributed by atoms with Gasteiger partial charge >= 0.3 is 5.97 Å². The lowest BCUT2D eigenvalue weighted by molar-refractivity contribution is 0.0659. The number of furan rings is 1. The largest absolute Gasteiger partial charge is 0.475 e. The van der Waals surface area contributed by atoms with Gasteiger partial charge in [-0.2, -0.15) is 0 Å². The van der Waals surface area contributed by atoms with Gasteiger partial charge in [-0.1, -0.05) is 0 Å². The average Bonchev–Trinajstić information content (AvgIpc) is 2.56. The Hall–Kier alpha value is -1.33. The van der Waals surface area contributed by atoms with Crippen LogP contribution in [-0.4, -0.2) is 42.7 Å². The van der Waals surface area contributed by atoms with Gasteiger partial charge in [-0.25, -0.2) is 4.79 Å². The topological polar surface area (TPSA) is 65.7 Å². The summed E-state index contributed by atoms with van der Waals surface area (Å²) in [6.45, 7) is 5.28. The summed E-state index contributed by atoms with van der Waals surface area (Å²) in [5.74, 6) is -0.331. The highest BCUT2D eigenvalue weighted by Crippen LogP contribution is 2.14. The van der Waals surface area contributed by atoms with E-state index in [1.807, 2.05) is 14.1 Å². The Labute approximate surface area is 101 Å². The maximum atomic E-state index is 10.8. The van der Waals surface area contributed by atoms with Gasteiger partial charge in [0.15, 0.2) is 0 Å². The Kier molecular flexibility index (Phi) is 4.72. The molecule has 0 aliphatic carbocycles. The molecule has 17 heavy (non-hydrogen) atoms. The fourth-order valence-electron chi connectivity index (χ4n) is 1.73. The molecular formula is C12H20N2O3. The number of carboxylic acids is 1. The van der Waals surface area contributed by atoms with Crippen molar-refractivity contribution in [1.29, 1.82) is 0 Å². The van der Waals surface area contributed by atoms with Gasteiger partial charge in [-0.05, 0) is 34.0 Å². The molecule has 1 atom stereocenters. The highest BCUT2D eigenvalue weighted by molar-refractivity contribution is 5.86. The molecule has 1 heterocycles. The van der Waals surface area contributed by atoms with Gasteiger partial charge in [0.05, 0.1) is 6.54 Å². The highest BCUT2D eigenvalue weighted by Gasteiger charge is 2.14. The molecule has 0 saturated heterocycles. The van der Waals surface area contributed by atoms with Crippen molar-refractivity contribution in [1.82, 2.24) is 10.2 Å². The standard InChI is InChI=1S/C12H20N2O3/c1-8-5-10(17-11(8)12(15)16)6-13-9(2)7-14(3)4/h5,9,13H,6-7H2,1-4H3,(H,15,16). The average molecular weight is 240 g/mol. The number of nitrogens with zero attached hydrogens (tertiary/aromatic N) is 1. The lowest BCUT2D eigenvalue weighted by Gasteiger charge is -2.17. The molecule has 0 aliphatic rings. The number of hydrogen-bond donors (Lipinski definition) is 2. The second-order valence-corrected chi connectivity index (χ2v) is 4.57. The first-order valence-corrected chi connectivity index (χ1v) is 5.61. The lowest BCUT2D eigenvalue weighted by atomic mass is 10.2. The third-order valence-electron chi connectivity index (χ3n) is 2.43. The van der Waals surface area contributed by atoms with Gasteiger partial charge in [0.25, 0.3) is 0 Å². The van der Waals surface area contributed by atoms with E-state index < -0.39 is 5.97 Å². The molecule has 5 heteroatoms. The quantitative estimate of drug-likeness (QED) is 0.785. The summed E-state index contributed by atoms with van der Waals surface area (Å²) in [4.78, 5) is 12.9. The van der Waals surface area contributed by atoms with Crippen molar-refractivity contribution in [3.8, 4) is 0 Å². The van der Waals surface area contributed by atoms with Crippen molar-refractivity contribution in [2.75, 3.05) is 20.6 Å². The molecule has 0 aromatic carbocycles. The number of carbonyl (C=O) groups is 1. The van der Waals surface area contributed by atoms with Gasteiger partial charge in [0.1, 0.15) is 5.76 Å². The molecule has 0 bridgehead atoms. The number of carboxylic acid groups (broad SMARTS) is 1. The van der Waals surface area contributed by atoms with E-state index >= 15 is 0 Å². The number of nitrogens with one attached hydrogen (secondary N) is 1. The molecule has 0 spiro atoms. The van der Waals surface area contributed by atoms with E-state index in [1.54, 1.807) is 13.0 Å². The van der Waals surface area contributed by atoms with Crippen molar-refractivity contribution in [2.45, 2.75) is 26.4 Å². The molecule has 0 saturated carbocycles. The van der Waals surface area contributed by atoms with Gasteiger partial charge in [0, 0.05) is 18.2 Å². The first-order chi connectivity index (χ1) is 7.90. The number of hydrogen-bond acceptors (Lipinski definition) is 4. The molecule has 0 aliphatic heterocycles. The normalized spacial score (nSPS) is 13.0. The molecule has 1 aromatic heterocycles. The van der Waals surface area contributed by atoms with Crippen LogP contribution in [0, 0.1) is 6.92 Å². The molecular weight excluding hydrogens is 220 g/mol. The summed E-state index contributed by atoms with van der Waals surface area (Å²) in [5.41, 5.74) is 0.662. The van der Waals surface area contributed by atoms with Crippen LogP contribution in [0.5, 0.6) is 0 Å². The van der Waals surface area contributed by atoms with E-state index in [1.165, 1.54) is 0 Å². The number of likely N-dealkylation sites (N-methyl/N-ethyl adjacent to an activating group) is 1. The summed E-state index contributed by atoms with van der Waals surface area (Å²) in [6.07, 6.45) is 0. The van der Waals surface area contributed by atoms with Crippen LogP contribution < -0.4 is 5.32 Å². The van der Waals surface area contributed by atoms with E-state index in [-0.39, 0.29) is 5.76 Å². The highest BCUT2D eigenvalue weighted by atomic mass is 16.4. The predicted molar refractivity (Wildman–Crippen MR) is 65.3 cm³/mol. The Morgan fingerprint density at radius 3 is 2.71 bits per heavy atom. The predicted octanol–water partition coefficient (Wildman–Crippen LogP) is 1.33. The fraction of sp³-hybridized carbons (Fsp3) is 0.583. The fourth-order valence-corrected chi connectivity index (χ4v) is 1.73. The smallest absolute Gasteiger partial charge is 0.372 e. The first kappa shape index (κ1) is 13.7. The Bertz CT molecular complexity index is 385. The van der Waals surface area contributed by atoms with Gasteiger partial charge < -0.3 is 19.7 Å². The van der Waals surface area contributed by atoms with E-state index in [4.69, 9.17) is 9.52 Å².